The summed E-state index contributed by atoms with van der Waals surface area (Å²) in [5.41, 5.74) is 0.908. The van der Waals surface area contributed by atoms with Gasteiger partial charge >= 0.3 is 0 Å². The van der Waals surface area contributed by atoms with Gasteiger partial charge in [0, 0.05) is 16.7 Å². The highest BCUT2D eigenvalue weighted by atomic mass is 79.9. The molecule has 2 aromatic carbocycles. The molecule has 0 saturated heterocycles. The summed E-state index contributed by atoms with van der Waals surface area (Å²) < 4.78 is 6.29. The van der Waals surface area contributed by atoms with Crippen LogP contribution in [0.2, 0.25) is 5.02 Å². The first-order valence-electron chi connectivity index (χ1n) is 5.96. The van der Waals surface area contributed by atoms with Crippen LogP contribution >= 0.6 is 27.5 Å². The van der Waals surface area contributed by atoms with Gasteiger partial charge in [-0.05, 0) is 34.1 Å². The molecule has 0 spiro atoms. The van der Waals surface area contributed by atoms with Crippen molar-refractivity contribution in [3.05, 3.63) is 67.1 Å². The number of aliphatic hydroxyl groups is 1. The number of nitrogens with zero attached hydrogens (tertiary/aromatic N) is 1. The number of benzene rings is 2. The van der Waals surface area contributed by atoms with Crippen molar-refractivity contribution >= 4 is 33.2 Å². The number of ether oxygens (including phenoxy) is 1. The lowest BCUT2D eigenvalue weighted by Gasteiger charge is -2.12. The van der Waals surface area contributed by atoms with Crippen LogP contribution in [-0.4, -0.2) is 10.0 Å². The molecule has 0 atom stereocenters. The van der Waals surface area contributed by atoms with E-state index in [-0.39, 0.29) is 18.9 Å². The predicted octanol–water partition coefficient (Wildman–Crippen LogP) is 4.08. The van der Waals surface area contributed by atoms with Gasteiger partial charge in [-0.15, -0.1) is 0 Å². The van der Waals surface area contributed by atoms with Crippen LogP contribution in [0.5, 0.6) is 5.75 Å². The number of aliphatic hydroxyl groups excluding tert-OH is 1. The van der Waals surface area contributed by atoms with E-state index in [1.165, 1.54) is 6.07 Å². The second-order valence-electron chi connectivity index (χ2n) is 4.21. The van der Waals surface area contributed by atoms with E-state index in [2.05, 4.69) is 15.9 Å². The Labute approximate surface area is 134 Å². The number of halogens is 2. The average Bonchev–Trinajstić information content (AvgIpc) is 2.46. The lowest BCUT2D eigenvalue weighted by Crippen LogP contribution is -2.03. The van der Waals surface area contributed by atoms with Crippen molar-refractivity contribution < 1.29 is 14.8 Å². The van der Waals surface area contributed by atoms with Crippen LogP contribution in [0.25, 0.3) is 0 Å². The Balaban J connectivity index is 2.27. The molecule has 1 N–H and O–H groups in total. The van der Waals surface area contributed by atoms with Crippen molar-refractivity contribution in [3.8, 4) is 5.75 Å². The normalized spacial score (nSPS) is 10.4. The molecule has 0 aliphatic carbocycles. The number of para-hydroxylation sites is 1. The van der Waals surface area contributed by atoms with Gasteiger partial charge in [0.25, 0.3) is 5.69 Å². The fourth-order valence-corrected chi connectivity index (χ4v) is 2.51. The third kappa shape index (κ3) is 3.72. The highest BCUT2D eigenvalue weighted by Gasteiger charge is 2.16. The molecule has 2 aromatic rings. The van der Waals surface area contributed by atoms with Crippen molar-refractivity contribution in [2.24, 2.45) is 0 Å². The fourth-order valence-electron chi connectivity index (χ4n) is 1.82. The van der Waals surface area contributed by atoms with Crippen molar-refractivity contribution in [3.63, 3.8) is 0 Å². The Morgan fingerprint density at radius 2 is 2.05 bits per heavy atom. The van der Waals surface area contributed by atoms with E-state index in [4.69, 9.17) is 16.3 Å². The first kappa shape index (κ1) is 15.8. The molecule has 7 heteroatoms. The van der Waals surface area contributed by atoms with Gasteiger partial charge in [-0.25, -0.2) is 0 Å². The molecule has 0 radical (unpaired) electrons. The molecule has 2 rings (SSSR count). The zero-order valence-corrected chi connectivity index (χ0v) is 13.1. The summed E-state index contributed by atoms with van der Waals surface area (Å²) in [5.74, 6) is 0.462. The average molecular weight is 373 g/mol. The molecule has 110 valence electrons. The summed E-state index contributed by atoms with van der Waals surface area (Å²) in [7, 11) is 0. The fraction of sp³-hybridized carbons (Fsp3) is 0.143. The molecule has 0 saturated carbocycles. The van der Waals surface area contributed by atoms with Gasteiger partial charge in [-0.2, -0.15) is 0 Å². The van der Waals surface area contributed by atoms with Gasteiger partial charge in [-0.1, -0.05) is 23.7 Å². The lowest BCUT2D eigenvalue weighted by atomic mass is 10.2. The Morgan fingerprint density at radius 3 is 2.71 bits per heavy atom. The zero-order valence-electron chi connectivity index (χ0n) is 10.8. The molecular weight excluding hydrogens is 362 g/mol. The third-order valence-electron chi connectivity index (χ3n) is 2.83. The maximum absolute atomic E-state index is 11.0. The molecule has 0 amide bonds. The predicted molar refractivity (Wildman–Crippen MR) is 82.5 cm³/mol. The molecule has 0 heterocycles. The largest absolute Gasteiger partial charge is 0.487 e. The molecule has 0 aromatic heterocycles. The van der Waals surface area contributed by atoms with E-state index in [9.17, 15) is 15.2 Å². The summed E-state index contributed by atoms with van der Waals surface area (Å²) in [6.45, 7) is -0.180. The van der Waals surface area contributed by atoms with E-state index >= 15 is 0 Å². The number of nitro benzene ring substituents is 1. The highest BCUT2D eigenvalue weighted by Crippen LogP contribution is 2.31. The second kappa shape index (κ2) is 6.89. The first-order chi connectivity index (χ1) is 10.0. The lowest BCUT2D eigenvalue weighted by molar-refractivity contribution is -0.385. The summed E-state index contributed by atoms with van der Waals surface area (Å²) in [6.07, 6.45) is 0. The van der Waals surface area contributed by atoms with Gasteiger partial charge in [0.15, 0.2) is 0 Å². The van der Waals surface area contributed by atoms with Crippen LogP contribution in [0.1, 0.15) is 11.1 Å². The number of hydrogen-bond acceptors (Lipinski definition) is 4. The first-order valence-corrected chi connectivity index (χ1v) is 7.14. The standard InChI is InChI=1S/C14H11BrClNO4/c15-12-3-1-2-9(7-18)14(12)21-8-10-4-5-11(16)6-13(10)17(19)20/h1-6,18H,7-8H2. The van der Waals surface area contributed by atoms with Gasteiger partial charge < -0.3 is 9.84 Å². The Kier molecular flexibility index (Phi) is 5.17. The maximum atomic E-state index is 11.0. The van der Waals surface area contributed by atoms with Gasteiger partial charge in [0.05, 0.1) is 21.6 Å². The minimum Gasteiger partial charge on any atom is -0.487 e. The number of hydrogen-bond donors (Lipinski definition) is 1. The maximum Gasteiger partial charge on any atom is 0.277 e. The van der Waals surface area contributed by atoms with E-state index in [1.54, 1.807) is 30.3 Å². The van der Waals surface area contributed by atoms with E-state index in [0.717, 1.165) is 0 Å². The molecule has 0 unspecified atom stereocenters. The second-order valence-corrected chi connectivity index (χ2v) is 5.50. The summed E-state index contributed by atoms with van der Waals surface area (Å²) in [4.78, 5) is 10.5. The number of rotatable bonds is 5. The van der Waals surface area contributed by atoms with Gasteiger partial charge in [0.1, 0.15) is 12.4 Å². The Morgan fingerprint density at radius 1 is 1.29 bits per heavy atom. The monoisotopic (exact) mass is 371 g/mol. The molecule has 0 bridgehead atoms. The quantitative estimate of drug-likeness (QED) is 0.634. The molecule has 0 aliphatic heterocycles. The van der Waals surface area contributed by atoms with Gasteiger partial charge in [-0.3, -0.25) is 10.1 Å². The van der Waals surface area contributed by atoms with E-state index in [0.29, 0.717) is 26.4 Å². The van der Waals surface area contributed by atoms with Crippen LogP contribution < -0.4 is 4.74 Å². The van der Waals surface area contributed by atoms with Crippen molar-refractivity contribution in [2.45, 2.75) is 13.2 Å². The molecule has 0 aliphatic rings. The Bertz CT molecular complexity index is 678. The van der Waals surface area contributed by atoms with Crippen molar-refractivity contribution in [2.75, 3.05) is 0 Å². The molecular formula is C14H11BrClNO4. The van der Waals surface area contributed by atoms with Crippen LogP contribution in [0.4, 0.5) is 5.69 Å². The summed E-state index contributed by atoms with van der Waals surface area (Å²) in [6, 6.07) is 9.66. The van der Waals surface area contributed by atoms with Crippen LogP contribution in [0, 0.1) is 10.1 Å². The zero-order chi connectivity index (χ0) is 15.4. The van der Waals surface area contributed by atoms with Crippen LogP contribution in [-0.2, 0) is 13.2 Å². The highest BCUT2D eigenvalue weighted by molar-refractivity contribution is 9.10. The summed E-state index contributed by atoms with van der Waals surface area (Å²) >= 11 is 9.09. The Hall–Kier alpha value is -1.63. The number of nitro groups is 1. The van der Waals surface area contributed by atoms with Crippen molar-refractivity contribution in [1.29, 1.82) is 0 Å². The van der Waals surface area contributed by atoms with E-state index < -0.39 is 4.92 Å². The molecule has 0 fully saturated rings. The SMILES string of the molecule is O=[N+]([O-])c1cc(Cl)ccc1COc1c(Br)cccc1CO. The van der Waals surface area contributed by atoms with Crippen LogP contribution in [0.3, 0.4) is 0 Å². The molecule has 21 heavy (non-hydrogen) atoms. The minimum atomic E-state index is -0.502. The topological polar surface area (TPSA) is 72.6 Å². The van der Waals surface area contributed by atoms with E-state index in [1.807, 2.05) is 0 Å². The smallest absolute Gasteiger partial charge is 0.277 e. The van der Waals surface area contributed by atoms with Crippen molar-refractivity contribution in [1.82, 2.24) is 0 Å². The molecule has 5 nitrogen and oxygen atoms in total. The van der Waals surface area contributed by atoms with Gasteiger partial charge in [0.2, 0.25) is 0 Å². The van der Waals surface area contributed by atoms with Crippen LogP contribution in [0.15, 0.2) is 40.9 Å². The minimum absolute atomic E-state index is 0.00307. The summed E-state index contributed by atoms with van der Waals surface area (Å²) in [5, 5.41) is 20.6. The third-order valence-corrected chi connectivity index (χ3v) is 3.69.